The molecule has 0 aliphatic heterocycles. The van der Waals surface area contributed by atoms with Crippen molar-refractivity contribution < 1.29 is 0 Å². The molecular formula is C12H14. The highest BCUT2D eigenvalue weighted by Gasteiger charge is 2.07. The Morgan fingerprint density at radius 2 is 2.08 bits per heavy atom. The van der Waals surface area contributed by atoms with Crippen LogP contribution in [0.4, 0.5) is 0 Å². The second-order valence-corrected chi connectivity index (χ2v) is 3.50. The Kier molecular flexibility index (Phi) is 1.99. The van der Waals surface area contributed by atoms with Gasteiger partial charge in [0.2, 0.25) is 0 Å². The van der Waals surface area contributed by atoms with Crippen LogP contribution in [0, 0.1) is 0 Å². The molecule has 0 aromatic rings. The summed E-state index contributed by atoms with van der Waals surface area (Å²) < 4.78 is 0. The van der Waals surface area contributed by atoms with Gasteiger partial charge in [-0.2, -0.15) is 0 Å². The van der Waals surface area contributed by atoms with E-state index in [4.69, 9.17) is 0 Å². The lowest BCUT2D eigenvalue weighted by Crippen LogP contribution is -1.92. The van der Waals surface area contributed by atoms with Crippen LogP contribution in [-0.2, 0) is 0 Å². The zero-order chi connectivity index (χ0) is 8.39. The van der Waals surface area contributed by atoms with Gasteiger partial charge in [-0.05, 0) is 37.3 Å². The van der Waals surface area contributed by atoms with Gasteiger partial charge >= 0.3 is 0 Å². The average molecular weight is 158 g/mol. The van der Waals surface area contributed by atoms with E-state index in [1.54, 1.807) is 0 Å². The van der Waals surface area contributed by atoms with Crippen molar-refractivity contribution in [3.8, 4) is 0 Å². The predicted octanol–water partition coefficient (Wildman–Crippen LogP) is 3.54. The van der Waals surface area contributed by atoms with E-state index in [0.717, 1.165) is 6.42 Å². The van der Waals surface area contributed by atoms with Gasteiger partial charge < -0.3 is 0 Å². The minimum atomic E-state index is 1.12. The minimum absolute atomic E-state index is 1.12. The quantitative estimate of drug-likeness (QED) is 0.547. The topological polar surface area (TPSA) is 0 Å². The number of rotatable bonds is 1. The number of hydrogen-bond donors (Lipinski definition) is 0. The first kappa shape index (κ1) is 7.60. The van der Waals surface area contributed by atoms with E-state index in [1.807, 2.05) is 0 Å². The molecule has 12 heavy (non-hydrogen) atoms. The van der Waals surface area contributed by atoms with Crippen molar-refractivity contribution in [3.63, 3.8) is 0 Å². The van der Waals surface area contributed by atoms with Crippen LogP contribution < -0.4 is 0 Å². The number of hydrogen-bond acceptors (Lipinski definition) is 0. The van der Waals surface area contributed by atoms with Gasteiger partial charge in [-0.25, -0.2) is 0 Å². The Balaban J connectivity index is 2.20. The van der Waals surface area contributed by atoms with E-state index in [-0.39, 0.29) is 0 Å². The smallest absolute Gasteiger partial charge is 0.0157 e. The molecular weight excluding hydrogens is 144 g/mol. The van der Waals surface area contributed by atoms with Crippen LogP contribution in [0.15, 0.2) is 47.1 Å². The molecule has 0 atom stereocenters. The van der Waals surface area contributed by atoms with Crippen LogP contribution in [-0.4, -0.2) is 0 Å². The monoisotopic (exact) mass is 158 g/mol. The minimum Gasteiger partial charge on any atom is -0.0801 e. The summed E-state index contributed by atoms with van der Waals surface area (Å²) in [7, 11) is 0. The summed E-state index contributed by atoms with van der Waals surface area (Å²) in [5.74, 6) is 0. The molecule has 2 aliphatic carbocycles. The van der Waals surface area contributed by atoms with E-state index in [0.29, 0.717) is 0 Å². The molecule has 0 fully saturated rings. The van der Waals surface area contributed by atoms with Crippen molar-refractivity contribution in [3.05, 3.63) is 47.1 Å². The first-order valence-electron chi connectivity index (χ1n) is 4.59. The molecule has 0 heteroatoms. The normalized spacial score (nSPS) is 21.9. The molecule has 0 aromatic heterocycles. The van der Waals surface area contributed by atoms with Gasteiger partial charge in [-0.15, -0.1) is 0 Å². The predicted molar refractivity (Wildman–Crippen MR) is 52.9 cm³/mol. The summed E-state index contributed by atoms with van der Waals surface area (Å²) in [4.78, 5) is 0. The number of allylic oxidation sites excluding steroid dienone is 8. The fourth-order valence-electron chi connectivity index (χ4n) is 1.68. The molecule has 0 N–H and O–H groups in total. The Labute approximate surface area is 74.0 Å². The summed E-state index contributed by atoms with van der Waals surface area (Å²) in [6, 6.07) is 0. The molecule has 0 spiro atoms. The maximum Gasteiger partial charge on any atom is -0.0157 e. The SMILES string of the molecule is CC1=CC=C(C2=CCC=C2)CC1. The third kappa shape index (κ3) is 1.42. The maximum absolute atomic E-state index is 2.31. The first-order chi connectivity index (χ1) is 5.86. The summed E-state index contributed by atoms with van der Waals surface area (Å²) in [6.45, 7) is 2.20. The molecule has 0 saturated heterocycles. The van der Waals surface area contributed by atoms with Crippen molar-refractivity contribution in [2.45, 2.75) is 26.2 Å². The molecule has 0 amide bonds. The molecule has 0 bridgehead atoms. The zero-order valence-electron chi connectivity index (χ0n) is 7.51. The maximum atomic E-state index is 2.31. The lowest BCUT2D eigenvalue weighted by atomic mass is 9.94. The molecule has 62 valence electrons. The molecule has 0 unspecified atom stereocenters. The van der Waals surface area contributed by atoms with Gasteiger partial charge in [0, 0.05) is 0 Å². The fourth-order valence-corrected chi connectivity index (χ4v) is 1.68. The van der Waals surface area contributed by atoms with Crippen LogP contribution in [0.3, 0.4) is 0 Å². The van der Waals surface area contributed by atoms with Gasteiger partial charge in [0.1, 0.15) is 0 Å². The highest BCUT2D eigenvalue weighted by molar-refractivity contribution is 5.46. The Hall–Kier alpha value is -1.04. The fraction of sp³-hybridized carbons (Fsp3) is 0.333. The van der Waals surface area contributed by atoms with E-state index >= 15 is 0 Å². The summed E-state index contributed by atoms with van der Waals surface area (Å²) in [5.41, 5.74) is 4.45. The average Bonchev–Trinajstić information content (AvgIpc) is 2.58. The molecule has 0 nitrogen and oxygen atoms in total. The van der Waals surface area contributed by atoms with E-state index in [9.17, 15) is 0 Å². The highest BCUT2D eigenvalue weighted by atomic mass is 14.1. The van der Waals surface area contributed by atoms with Crippen LogP contribution in [0.1, 0.15) is 26.2 Å². The highest BCUT2D eigenvalue weighted by Crippen LogP contribution is 2.27. The second-order valence-electron chi connectivity index (χ2n) is 3.50. The van der Waals surface area contributed by atoms with Gasteiger partial charge in [0.05, 0.1) is 0 Å². The lowest BCUT2D eigenvalue weighted by Gasteiger charge is -2.11. The van der Waals surface area contributed by atoms with E-state index in [2.05, 4.69) is 37.3 Å². The Morgan fingerprint density at radius 1 is 1.17 bits per heavy atom. The van der Waals surface area contributed by atoms with Crippen molar-refractivity contribution in [1.29, 1.82) is 0 Å². The molecule has 2 aliphatic rings. The second kappa shape index (κ2) is 3.14. The van der Waals surface area contributed by atoms with E-state index < -0.39 is 0 Å². The van der Waals surface area contributed by atoms with Crippen molar-refractivity contribution in [2.75, 3.05) is 0 Å². The first-order valence-corrected chi connectivity index (χ1v) is 4.59. The molecule has 2 rings (SSSR count). The Morgan fingerprint density at radius 3 is 2.67 bits per heavy atom. The van der Waals surface area contributed by atoms with Crippen LogP contribution in [0.2, 0.25) is 0 Å². The van der Waals surface area contributed by atoms with E-state index in [1.165, 1.54) is 29.6 Å². The lowest BCUT2D eigenvalue weighted by molar-refractivity contribution is 0.919. The van der Waals surface area contributed by atoms with Crippen molar-refractivity contribution in [2.24, 2.45) is 0 Å². The van der Waals surface area contributed by atoms with Crippen LogP contribution in [0.25, 0.3) is 0 Å². The van der Waals surface area contributed by atoms with Gasteiger partial charge in [0.15, 0.2) is 0 Å². The summed E-state index contributed by atoms with van der Waals surface area (Å²) in [6.07, 6.45) is 14.8. The van der Waals surface area contributed by atoms with Crippen molar-refractivity contribution >= 4 is 0 Å². The van der Waals surface area contributed by atoms with Gasteiger partial charge in [-0.3, -0.25) is 0 Å². The molecule has 0 radical (unpaired) electrons. The van der Waals surface area contributed by atoms with Gasteiger partial charge in [0.25, 0.3) is 0 Å². The van der Waals surface area contributed by atoms with Crippen LogP contribution >= 0.6 is 0 Å². The standard InChI is InChI=1S/C12H14/c1-10-6-8-12(9-7-10)11-4-2-3-5-11/h2,4-6,8H,3,7,9H2,1H3. The molecule has 0 aromatic carbocycles. The third-order valence-corrected chi connectivity index (χ3v) is 2.50. The zero-order valence-corrected chi connectivity index (χ0v) is 7.51. The molecule has 0 heterocycles. The molecule has 0 saturated carbocycles. The van der Waals surface area contributed by atoms with Crippen molar-refractivity contribution in [1.82, 2.24) is 0 Å². The van der Waals surface area contributed by atoms with Gasteiger partial charge in [-0.1, -0.05) is 36.0 Å². The summed E-state index contributed by atoms with van der Waals surface area (Å²) >= 11 is 0. The van der Waals surface area contributed by atoms with Crippen LogP contribution in [0.5, 0.6) is 0 Å². The third-order valence-electron chi connectivity index (χ3n) is 2.50. The largest absolute Gasteiger partial charge is 0.0801 e. The Bertz CT molecular complexity index is 298. The summed E-state index contributed by atoms with van der Waals surface area (Å²) in [5, 5.41) is 0.